The minimum Gasteiger partial charge on any atom is -0.399 e. The number of benzene rings is 3. The molecule has 0 bridgehead atoms. The van der Waals surface area contributed by atoms with E-state index in [9.17, 15) is 0 Å². The smallest absolute Gasteiger partial charge is 0.399 e. The third-order valence-electron chi connectivity index (χ3n) is 8.95. The standard InChI is InChI=1S/C33H29BO2/c1-21-18-19-24-22-12-7-6-8-15-26(22)33(28(24)20-21)27-16-10-9-13-23(27)25-14-11-17-29(30(25)33)34-35-31(2,3)32(4,5)36-34/h7,9-14,16-20H,15H2,1-5H3. The number of aryl methyl sites for hydroxylation is 1. The average molecular weight is 468 g/mol. The molecule has 3 aromatic rings. The average Bonchev–Trinajstić information content (AvgIpc) is 3.26. The van der Waals surface area contributed by atoms with E-state index in [-0.39, 0.29) is 0 Å². The van der Waals surface area contributed by atoms with Crippen molar-refractivity contribution in [1.29, 1.82) is 0 Å². The van der Waals surface area contributed by atoms with Gasteiger partial charge in [-0.05, 0) is 96.8 Å². The highest BCUT2D eigenvalue weighted by Crippen LogP contribution is 2.62. The molecule has 1 spiro atoms. The highest BCUT2D eigenvalue weighted by Gasteiger charge is 2.58. The van der Waals surface area contributed by atoms with Crippen molar-refractivity contribution in [2.45, 2.75) is 57.7 Å². The number of hydrogen-bond acceptors (Lipinski definition) is 2. The molecule has 3 aliphatic carbocycles. The third kappa shape index (κ3) is 2.62. The summed E-state index contributed by atoms with van der Waals surface area (Å²) in [7, 11) is -0.443. The van der Waals surface area contributed by atoms with E-state index in [2.05, 4.69) is 113 Å². The van der Waals surface area contributed by atoms with Gasteiger partial charge in [0.15, 0.2) is 0 Å². The Kier molecular flexibility index (Phi) is 4.34. The van der Waals surface area contributed by atoms with E-state index >= 15 is 0 Å². The van der Waals surface area contributed by atoms with Gasteiger partial charge >= 0.3 is 7.12 Å². The topological polar surface area (TPSA) is 18.5 Å². The van der Waals surface area contributed by atoms with E-state index in [4.69, 9.17) is 9.31 Å². The number of fused-ring (bicyclic) bond motifs is 9. The van der Waals surface area contributed by atoms with Crippen LogP contribution in [0.25, 0.3) is 16.7 Å². The first-order valence-corrected chi connectivity index (χ1v) is 12.8. The van der Waals surface area contributed by atoms with Crippen LogP contribution in [-0.4, -0.2) is 18.3 Å². The lowest BCUT2D eigenvalue weighted by molar-refractivity contribution is 0.00578. The molecular formula is C33H29BO2. The summed E-state index contributed by atoms with van der Waals surface area (Å²) in [6.45, 7) is 10.7. The van der Waals surface area contributed by atoms with Crippen LogP contribution in [0.15, 0.2) is 78.4 Å². The first kappa shape index (κ1) is 21.9. The van der Waals surface area contributed by atoms with Gasteiger partial charge in [-0.15, -0.1) is 0 Å². The summed E-state index contributed by atoms with van der Waals surface area (Å²) in [6.07, 6.45) is 4.95. The van der Waals surface area contributed by atoms with Gasteiger partial charge in [0.25, 0.3) is 0 Å². The van der Waals surface area contributed by atoms with Crippen LogP contribution in [-0.2, 0) is 14.7 Å². The Balaban J connectivity index is 1.61. The predicted octanol–water partition coefficient (Wildman–Crippen LogP) is 6.34. The van der Waals surface area contributed by atoms with Crippen LogP contribution >= 0.6 is 0 Å². The normalized spacial score (nSPS) is 23.6. The first-order valence-electron chi connectivity index (χ1n) is 12.8. The van der Waals surface area contributed by atoms with E-state index in [0.29, 0.717) is 0 Å². The zero-order chi connectivity index (χ0) is 24.9. The van der Waals surface area contributed by atoms with Crippen LogP contribution in [0.3, 0.4) is 0 Å². The molecule has 2 nitrogen and oxygen atoms in total. The predicted molar refractivity (Wildman–Crippen MR) is 147 cm³/mol. The van der Waals surface area contributed by atoms with Crippen molar-refractivity contribution in [2.24, 2.45) is 0 Å². The van der Waals surface area contributed by atoms with Crippen molar-refractivity contribution < 1.29 is 9.31 Å². The van der Waals surface area contributed by atoms with Gasteiger partial charge in [-0.2, -0.15) is 0 Å². The van der Waals surface area contributed by atoms with Gasteiger partial charge in [-0.1, -0.05) is 78.1 Å². The van der Waals surface area contributed by atoms with Crippen molar-refractivity contribution >= 4 is 18.2 Å². The number of hydrogen-bond donors (Lipinski definition) is 0. The second-order valence-corrected chi connectivity index (χ2v) is 11.4. The molecule has 4 aliphatic rings. The van der Waals surface area contributed by atoms with Gasteiger partial charge < -0.3 is 9.31 Å². The maximum Gasteiger partial charge on any atom is 0.495 e. The van der Waals surface area contributed by atoms with Gasteiger partial charge in [0.2, 0.25) is 0 Å². The third-order valence-corrected chi connectivity index (χ3v) is 8.95. The minimum absolute atomic E-state index is 0.413. The van der Waals surface area contributed by atoms with Crippen molar-refractivity contribution in [3.63, 3.8) is 0 Å². The minimum atomic E-state index is -0.443. The number of rotatable bonds is 1. The van der Waals surface area contributed by atoms with Crippen molar-refractivity contribution in [3.05, 3.63) is 106 Å². The van der Waals surface area contributed by atoms with Crippen LogP contribution in [0.4, 0.5) is 0 Å². The van der Waals surface area contributed by atoms with Crippen LogP contribution < -0.4 is 5.46 Å². The monoisotopic (exact) mass is 468 g/mol. The van der Waals surface area contributed by atoms with E-state index < -0.39 is 23.7 Å². The molecular weight excluding hydrogens is 439 g/mol. The summed E-state index contributed by atoms with van der Waals surface area (Å²) in [4.78, 5) is 0. The maximum absolute atomic E-state index is 6.67. The van der Waals surface area contributed by atoms with Crippen LogP contribution in [0.5, 0.6) is 0 Å². The fourth-order valence-electron chi connectivity index (χ4n) is 6.62. The SMILES string of the molecule is Cc1ccc2c(c1)C1(C3=C2C=CC#CC3)c2ccccc2-c2cccc(B3OC(C)(C)C(C)(C)O3)c21. The van der Waals surface area contributed by atoms with E-state index in [1.54, 1.807) is 0 Å². The molecule has 0 radical (unpaired) electrons. The summed E-state index contributed by atoms with van der Waals surface area (Å²) in [5, 5.41) is 0. The Morgan fingerprint density at radius 3 is 2.36 bits per heavy atom. The highest BCUT2D eigenvalue weighted by atomic mass is 16.7. The van der Waals surface area contributed by atoms with Gasteiger partial charge in [-0.25, -0.2) is 0 Å². The highest BCUT2D eigenvalue weighted by molar-refractivity contribution is 6.63. The molecule has 3 aromatic carbocycles. The Labute approximate surface area is 214 Å². The largest absolute Gasteiger partial charge is 0.495 e. The molecule has 1 fully saturated rings. The molecule has 3 heteroatoms. The molecule has 0 saturated carbocycles. The van der Waals surface area contributed by atoms with E-state index in [1.165, 1.54) is 50.1 Å². The lowest BCUT2D eigenvalue weighted by atomic mass is 9.62. The summed E-state index contributed by atoms with van der Waals surface area (Å²) in [5.74, 6) is 6.68. The van der Waals surface area contributed by atoms with Crippen LogP contribution in [0, 0.1) is 18.8 Å². The second-order valence-electron chi connectivity index (χ2n) is 11.4. The zero-order valence-corrected chi connectivity index (χ0v) is 21.5. The first-order chi connectivity index (χ1) is 17.3. The van der Waals surface area contributed by atoms with Gasteiger partial charge in [0.1, 0.15) is 0 Å². The number of allylic oxidation sites excluding steroid dienone is 4. The van der Waals surface area contributed by atoms with E-state index in [0.717, 1.165) is 11.9 Å². The van der Waals surface area contributed by atoms with Gasteiger partial charge in [0.05, 0.1) is 16.6 Å². The van der Waals surface area contributed by atoms with Crippen LogP contribution in [0.2, 0.25) is 0 Å². The van der Waals surface area contributed by atoms with Crippen molar-refractivity contribution in [2.75, 3.05) is 0 Å². The quantitative estimate of drug-likeness (QED) is 0.307. The molecule has 7 rings (SSSR count). The molecule has 1 aliphatic heterocycles. The molecule has 0 aromatic heterocycles. The molecule has 0 N–H and O–H groups in total. The maximum atomic E-state index is 6.67. The molecule has 1 unspecified atom stereocenters. The fraction of sp³-hybridized carbons (Fsp3) is 0.273. The lowest BCUT2D eigenvalue weighted by Gasteiger charge is -2.34. The summed E-state index contributed by atoms with van der Waals surface area (Å²) >= 11 is 0. The lowest BCUT2D eigenvalue weighted by Crippen LogP contribution is -2.42. The zero-order valence-electron chi connectivity index (χ0n) is 21.5. The van der Waals surface area contributed by atoms with Gasteiger partial charge in [0, 0.05) is 6.42 Å². The summed E-state index contributed by atoms with van der Waals surface area (Å²) < 4.78 is 13.3. The molecule has 36 heavy (non-hydrogen) atoms. The van der Waals surface area contributed by atoms with Crippen molar-refractivity contribution in [1.82, 2.24) is 0 Å². The van der Waals surface area contributed by atoms with E-state index in [1.807, 2.05) is 6.08 Å². The molecule has 1 heterocycles. The molecule has 176 valence electrons. The summed E-state index contributed by atoms with van der Waals surface area (Å²) in [6, 6.07) is 22.4. The fourth-order valence-corrected chi connectivity index (χ4v) is 6.62. The second kappa shape index (κ2) is 7.13. The molecule has 1 saturated heterocycles. The Morgan fingerprint density at radius 2 is 1.56 bits per heavy atom. The van der Waals surface area contributed by atoms with Crippen LogP contribution in [0.1, 0.15) is 61.9 Å². The Hall–Kier alpha value is -3.32. The van der Waals surface area contributed by atoms with Gasteiger partial charge in [-0.3, -0.25) is 0 Å². The Morgan fingerprint density at radius 1 is 0.806 bits per heavy atom. The molecule has 1 atom stereocenters. The Bertz CT molecular complexity index is 1580. The van der Waals surface area contributed by atoms with Crippen molar-refractivity contribution in [3.8, 4) is 23.0 Å². The molecule has 0 amide bonds. The summed E-state index contributed by atoms with van der Waals surface area (Å²) in [5.41, 5.74) is 11.6.